The molecule has 2 N–H and O–H groups in total. The van der Waals surface area contributed by atoms with E-state index < -0.39 is 16.1 Å². The summed E-state index contributed by atoms with van der Waals surface area (Å²) in [5, 5.41) is 12.2. The Kier molecular flexibility index (Phi) is 7.33. The number of carbonyl (C=O) groups excluding carboxylic acids is 2. The van der Waals surface area contributed by atoms with E-state index >= 15 is 0 Å². The monoisotopic (exact) mass is 459 g/mol. The maximum absolute atomic E-state index is 12.8. The molecule has 0 bridgehead atoms. The molecule has 1 aliphatic heterocycles. The van der Waals surface area contributed by atoms with Crippen LogP contribution < -0.4 is 5.32 Å². The van der Waals surface area contributed by atoms with E-state index in [0.717, 1.165) is 4.31 Å². The fourth-order valence-corrected chi connectivity index (χ4v) is 4.72. The first-order valence-corrected chi connectivity index (χ1v) is 11.9. The lowest BCUT2D eigenvalue weighted by Gasteiger charge is -2.34. The number of phenols is 1. The van der Waals surface area contributed by atoms with E-state index in [2.05, 4.69) is 5.32 Å². The molecule has 0 spiro atoms. The van der Waals surface area contributed by atoms with Gasteiger partial charge in [-0.1, -0.05) is 6.07 Å². The molecule has 32 heavy (non-hydrogen) atoms. The highest BCUT2D eigenvalue weighted by atomic mass is 32.2. The number of rotatable bonds is 7. The summed E-state index contributed by atoms with van der Waals surface area (Å²) in [6.07, 6.45) is 1.29. The van der Waals surface area contributed by atoms with Crippen molar-refractivity contribution in [1.29, 1.82) is 0 Å². The highest BCUT2D eigenvalue weighted by molar-refractivity contribution is 7.89. The highest BCUT2D eigenvalue weighted by Gasteiger charge is 2.30. The van der Waals surface area contributed by atoms with Gasteiger partial charge in [-0.15, -0.1) is 0 Å². The van der Waals surface area contributed by atoms with E-state index in [1.807, 2.05) is 4.90 Å². The van der Waals surface area contributed by atoms with Crippen LogP contribution in [0, 0.1) is 5.92 Å². The van der Waals surface area contributed by atoms with Crippen LogP contribution >= 0.6 is 0 Å². The molecule has 1 atom stereocenters. The van der Waals surface area contributed by atoms with Gasteiger partial charge >= 0.3 is 0 Å². The van der Waals surface area contributed by atoms with Crippen LogP contribution in [0.5, 0.6) is 5.75 Å². The molecule has 0 aromatic heterocycles. The van der Waals surface area contributed by atoms with Crippen LogP contribution in [0.15, 0.2) is 53.4 Å². The van der Waals surface area contributed by atoms with E-state index in [9.17, 15) is 23.1 Å². The minimum Gasteiger partial charge on any atom is -0.508 e. The number of piperidine rings is 1. The standard InChI is InChI=1S/C23H29N3O5S/c1-16(23(29)24-19-5-4-6-21(15-19)32(30,31)25(2)3)26-13-11-18(12-14-26)22(28)17-7-9-20(27)10-8-17/h4-10,15-16,18,27H,11-14H2,1-3H3,(H,24,29). The zero-order chi connectivity index (χ0) is 23.5. The van der Waals surface area contributed by atoms with E-state index in [-0.39, 0.29) is 28.3 Å². The summed E-state index contributed by atoms with van der Waals surface area (Å²) in [4.78, 5) is 27.6. The van der Waals surface area contributed by atoms with E-state index in [1.165, 1.54) is 38.4 Å². The minimum absolute atomic E-state index is 0.0562. The van der Waals surface area contributed by atoms with Crippen LogP contribution in [-0.4, -0.2) is 67.6 Å². The number of aromatic hydroxyl groups is 1. The van der Waals surface area contributed by atoms with Gasteiger partial charge in [-0.25, -0.2) is 12.7 Å². The third kappa shape index (κ3) is 5.35. The smallest absolute Gasteiger partial charge is 0.242 e. The molecule has 3 rings (SSSR count). The van der Waals surface area contributed by atoms with Crippen LogP contribution in [0.1, 0.15) is 30.1 Å². The van der Waals surface area contributed by atoms with Crippen LogP contribution in [-0.2, 0) is 14.8 Å². The molecule has 2 aromatic rings. The lowest BCUT2D eigenvalue weighted by molar-refractivity contribution is -0.121. The zero-order valence-electron chi connectivity index (χ0n) is 18.5. The van der Waals surface area contributed by atoms with Gasteiger partial charge in [0.05, 0.1) is 10.9 Å². The normalized spacial score (nSPS) is 16.6. The SMILES string of the molecule is CC(C(=O)Nc1cccc(S(=O)(=O)N(C)C)c1)N1CCC(C(=O)c2ccc(O)cc2)CC1. The van der Waals surface area contributed by atoms with Gasteiger partial charge in [0.15, 0.2) is 5.78 Å². The Morgan fingerprint density at radius 3 is 2.31 bits per heavy atom. The molecule has 0 radical (unpaired) electrons. The number of Topliss-reactive ketones (excluding diaryl/α,β-unsaturated/α-hetero) is 1. The molecule has 0 saturated carbocycles. The Hall–Kier alpha value is -2.75. The number of nitrogens with one attached hydrogen (secondary N) is 1. The summed E-state index contributed by atoms with van der Waals surface area (Å²) in [6.45, 7) is 3.02. The Balaban J connectivity index is 1.58. The second-order valence-electron chi connectivity index (χ2n) is 8.20. The van der Waals surface area contributed by atoms with Crippen molar-refractivity contribution in [2.45, 2.75) is 30.7 Å². The summed E-state index contributed by atoms with van der Waals surface area (Å²) in [6, 6.07) is 12.0. The van der Waals surface area contributed by atoms with Gasteiger partial charge in [0, 0.05) is 31.3 Å². The fourth-order valence-electron chi connectivity index (χ4n) is 3.77. The number of nitrogens with zero attached hydrogens (tertiary/aromatic N) is 2. The molecule has 1 saturated heterocycles. The Bertz CT molecular complexity index is 1080. The van der Waals surface area contributed by atoms with Crippen molar-refractivity contribution in [1.82, 2.24) is 9.21 Å². The van der Waals surface area contributed by atoms with Crippen LogP contribution in [0.25, 0.3) is 0 Å². The second kappa shape index (κ2) is 9.81. The topological polar surface area (TPSA) is 107 Å². The van der Waals surface area contributed by atoms with Crippen LogP contribution in [0.2, 0.25) is 0 Å². The Morgan fingerprint density at radius 1 is 1.09 bits per heavy atom. The van der Waals surface area contributed by atoms with Crippen LogP contribution in [0.3, 0.4) is 0 Å². The fraction of sp³-hybridized carbons (Fsp3) is 0.391. The first-order valence-electron chi connectivity index (χ1n) is 10.5. The summed E-state index contributed by atoms with van der Waals surface area (Å²) in [5.41, 5.74) is 1.00. The predicted molar refractivity (Wildman–Crippen MR) is 122 cm³/mol. The summed E-state index contributed by atoms with van der Waals surface area (Å²) >= 11 is 0. The number of sulfonamides is 1. The number of amides is 1. The Morgan fingerprint density at radius 2 is 1.72 bits per heavy atom. The number of anilines is 1. The van der Waals surface area contributed by atoms with Crippen molar-refractivity contribution in [2.24, 2.45) is 5.92 Å². The second-order valence-corrected chi connectivity index (χ2v) is 10.4. The first kappa shape index (κ1) is 23.9. The summed E-state index contributed by atoms with van der Waals surface area (Å²) < 4.78 is 25.8. The van der Waals surface area contributed by atoms with Gasteiger partial charge in [0.1, 0.15) is 5.75 Å². The maximum atomic E-state index is 12.8. The van der Waals surface area contributed by atoms with Crippen molar-refractivity contribution in [2.75, 3.05) is 32.5 Å². The summed E-state index contributed by atoms with van der Waals surface area (Å²) in [7, 11) is -0.676. The van der Waals surface area contributed by atoms with Crippen molar-refractivity contribution in [3.63, 3.8) is 0 Å². The molecule has 0 aliphatic carbocycles. The van der Waals surface area contributed by atoms with Crippen molar-refractivity contribution < 1.29 is 23.1 Å². The molecule has 8 nitrogen and oxygen atoms in total. The third-order valence-electron chi connectivity index (χ3n) is 5.86. The molecule has 172 valence electrons. The molecular formula is C23H29N3O5S. The molecular weight excluding hydrogens is 430 g/mol. The number of ketones is 1. The zero-order valence-corrected chi connectivity index (χ0v) is 19.3. The molecule has 1 aliphatic rings. The summed E-state index contributed by atoms with van der Waals surface area (Å²) in [5.74, 6) is -0.159. The van der Waals surface area contributed by atoms with E-state index in [0.29, 0.717) is 37.2 Å². The number of benzene rings is 2. The number of phenolic OH excluding ortho intramolecular Hbond substituents is 1. The average Bonchev–Trinajstić information content (AvgIpc) is 2.78. The quantitative estimate of drug-likeness (QED) is 0.617. The number of carbonyl (C=O) groups is 2. The van der Waals surface area contributed by atoms with Crippen molar-refractivity contribution in [3.05, 3.63) is 54.1 Å². The average molecular weight is 460 g/mol. The van der Waals surface area contributed by atoms with Gasteiger partial charge in [-0.05, 0) is 75.3 Å². The molecule has 1 fully saturated rings. The predicted octanol–water partition coefficient (Wildman–Crippen LogP) is 2.56. The molecule has 9 heteroatoms. The number of hydrogen-bond acceptors (Lipinski definition) is 6. The van der Waals surface area contributed by atoms with Gasteiger partial charge in [-0.3, -0.25) is 14.5 Å². The van der Waals surface area contributed by atoms with Crippen molar-refractivity contribution >= 4 is 27.4 Å². The first-order chi connectivity index (χ1) is 15.1. The largest absolute Gasteiger partial charge is 0.508 e. The van der Waals surface area contributed by atoms with Gasteiger partial charge < -0.3 is 10.4 Å². The highest BCUT2D eigenvalue weighted by Crippen LogP contribution is 2.25. The van der Waals surface area contributed by atoms with Gasteiger partial charge in [-0.2, -0.15) is 0 Å². The molecule has 1 amide bonds. The lowest BCUT2D eigenvalue weighted by atomic mass is 9.88. The van der Waals surface area contributed by atoms with Crippen molar-refractivity contribution in [3.8, 4) is 5.75 Å². The third-order valence-corrected chi connectivity index (χ3v) is 7.67. The number of likely N-dealkylation sites (tertiary alicyclic amines) is 1. The minimum atomic E-state index is -3.59. The Labute approximate surface area is 188 Å². The van der Waals surface area contributed by atoms with Gasteiger partial charge in [0.2, 0.25) is 15.9 Å². The maximum Gasteiger partial charge on any atom is 0.242 e. The van der Waals surface area contributed by atoms with E-state index in [1.54, 1.807) is 31.2 Å². The number of hydrogen-bond donors (Lipinski definition) is 2. The van der Waals surface area contributed by atoms with E-state index in [4.69, 9.17) is 0 Å². The van der Waals surface area contributed by atoms with Gasteiger partial charge in [0.25, 0.3) is 0 Å². The van der Waals surface area contributed by atoms with Crippen LogP contribution in [0.4, 0.5) is 5.69 Å². The molecule has 1 unspecified atom stereocenters. The molecule has 1 heterocycles. The molecule has 2 aromatic carbocycles. The lowest BCUT2D eigenvalue weighted by Crippen LogP contribution is -2.47.